The zero-order valence-electron chi connectivity index (χ0n) is 9.78. The van der Waals surface area contributed by atoms with Crippen molar-refractivity contribution in [3.8, 4) is 5.75 Å². The Kier molecular flexibility index (Phi) is 4.46. The molecule has 9 heteroatoms. The molecule has 0 unspecified atom stereocenters. The molecule has 0 radical (unpaired) electrons. The highest BCUT2D eigenvalue weighted by molar-refractivity contribution is 7.89. The number of hydrogen-bond acceptors (Lipinski definition) is 5. The van der Waals surface area contributed by atoms with Gasteiger partial charge in [0, 0.05) is 0 Å². The van der Waals surface area contributed by atoms with Crippen molar-refractivity contribution >= 4 is 22.0 Å². The van der Waals surface area contributed by atoms with Gasteiger partial charge in [-0.05, 0) is 18.2 Å². The molecule has 104 valence electrons. The maximum Gasteiger partial charge on any atom is 0.335 e. The van der Waals surface area contributed by atoms with Crippen molar-refractivity contribution in [1.29, 1.82) is 0 Å². The number of benzene rings is 1. The first-order valence-electron chi connectivity index (χ1n) is 4.90. The second-order valence-corrected chi connectivity index (χ2v) is 5.12. The number of methoxy groups -OCH3 is 1. The minimum absolute atomic E-state index is 0.0807. The van der Waals surface area contributed by atoms with Gasteiger partial charge in [-0.2, -0.15) is 4.72 Å². The van der Waals surface area contributed by atoms with Crippen LogP contribution in [0.15, 0.2) is 23.1 Å². The summed E-state index contributed by atoms with van der Waals surface area (Å²) >= 11 is 0. The minimum atomic E-state index is -4.17. The maximum absolute atomic E-state index is 11.8. The smallest absolute Gasteiger partial charge is 0.335 e. The summed E-state index contributed by atoms with van der Waals surface area (Å²) in [5.74, 6) is -2.75. The van der Waals surface area contributed by atoms with Crippen molar-refractivity contribution in [3.63, 3.8) is 0 Å². The van der Waals surface area contributed by atoms with Gasteiger partial charge in [0.1, 0.15) is 17.2 Å². The number of aromatic carboxylic acids is 1. The van der Waals surface area contributed by atoms with Gasteiger partial charge in [0.15, 0.2) is 0 Å². The number of nitrogens with one attached hydrogen (secondary N) is 1. The van der Waals surface area contributed by atoms with Crippen LogP contribution >= 0.6 is 0 Å². The van der Waals surface area contributed by atoms with Gasteiger partial charge < -0.3 is 14.9 Å². The van der Waals surface area contributed by atoms with Crippen LogP contribution in [0.25, 0.3) is 0 Å². The molecule has 1 rings (SSSR count). The molecular formula is C10H11NO7S. The fraction of sp³-hybridized carbons (Fsp3) is 0.200. The van der Waals surface area contributed by atoms with Gasteiger partial charge in [-0.1, -0.05) is 0 Å². The van der Waals surface area contributed by atoms with Gasteiger partial charge in [-0.3, -0.25) is 4.79 Å². The van der Waals surface area contributed by atoms with Gasteiger partial charge in [0.05, 0.1) is 12.7 Å². The van der Waals surface area contributed by atoms with E-state index in [9.17, 15) is 18.0 Å². The number of carboxylic acids is 2. The summed E-state index contributed by atoms with van der Waals surface area (Å²) in [4.78, 5) is 20.7. The normalized spacial score (nSPS) is 11.0. The minimum Gasteiger partial charge on any atom is -0.495 e. The van der Waals surface area contributed by atoms with Crippen LogP contribution in [0.2, 0.25) is 0 Å². The van der Waals surface area contributed by atoms with E-state index in [0.29, 0.717) is 0 Å². The zero-order chi connectivity index (χ0) is 14.6. The molecule has 0 atom stereocenters. The number of sulfonamides is 1. The van der Waals surface area contributed by atoms with E-state index in [2.05, 4.69) is 0 Å². The van der Waals surface area contributed by atoms with E-state index in [1.165, 1.54) is 19.2 Å². The molecule has 1 aromatic rings. The molecule has 0 saturated heterocycles. The molecule has 0 aliphatic rings. The Morgan fingerprint density at radius 1 is 1.32 bits per heavy atom. The third kappa shape index (κ3) is 3.66. The lowest BCUT2D eigenvalue weighted by atomic mass is 10.2. The van der Waals surface area contributed by atoms with Crippen LogP contribution in [0.4, 0.5) is 0 Å². The Hall–Kier alpha value is -2.13. The van der Waals surface area contributed by atoms with Crippen LogP contribution in [0, 0.1) is 0 Å². The Morgan fingerprint density at radius 3 is 2.42 bits per heavy atom. The SMILES string of the molecule is COc1ccc(C(=O)O)cc1S(=O)(=O)NCC(=O)O. The molecule has 0 spiro atoms. The second-order valence-electron chi connectivity index (χ2n) is 3.39. The molecule has 3 N–H and O–H groups in total. The van der Waals surface area contributed by atoms with Crippen LogP contribution in [-0.4, -0.2) is 44.2 Å². The summed E-state index contributed by atoms with van der Waals surface area (Å²) in [7, 11) is -2.96. The number of carbonyl (C=O) groups is 2. The molecule has 0 amide bonds. The van der Waals surface area contributed by atoms with E-state index in [1.807, 2.05) is 4.72 Å². The van der Waals surface area contributed by atoms with E-state index in [0.717, 1.165) is 6.07 Å². The predicted octanol–water partition coefficient (Wildman–Crippen LogP) is -0.244. The fourth-order valence-electron chi connectivity index (χ4n) is 1.25. The Bertz CT molecular complexity index is 608. The van der Waals surface area contributed by atoms with E-state index in [1.54, 1.807) is 0 Å². The highest BCUT2D eigenvalue weighted by Gasteiger charge is 2.22. The highest BCUT2D eigenvalue weighted by Crippen LogP contribution is 2.24. The maximum atomic E-state index is 11.8. The summed E-state index contributed by atoms with van der Waals surface area (Å²) in [6, 6.07) is 3.25. The molecule has 19 heavy (non-hydrogen) atoms. The molecule has 0 aromatic heterocycles. The molecule has 0 bridgehead atoms. The standard InChI is InChI=1S/C10H11NO7S/c1-18-7-3-2-6(10(14)15)4-8(7)19(16,17)11-5-9(12)13/h2-4,11H,5H2,1H3,(H,12,13)(H,14,15). The van der Waals surface area contributed by atoms with E-state index in [-0.39, 0.29) is 11.3 Å². The third-order valence-corrected chi connectivity index (χ3v) is 3.54. The predicted molar refractivity (Wildman–Crippen MR) is 62.8 cm³/mol. The van der Waals surface area contributed by atoms with Gasteiger partial charge in [0.25, 0.3) is 0 Å². The van der Waals surface area contributed by atoms with E-state index < -0.39 is 33.4 Å². The van der Waals surface area contributed by atoms with Crippen LogP contribution in [-0.2, 0) is 14.8 Å². The van der Waals surface area contributed by atoms with Gasteiger partial charge in [0.2, 0.25) is 10.0 Å². The highest BCUT2D eigenvalue weighted by atomic mass is 32.2. The Labute approximate surface area is 108 Å². The van der Waals surface area contributed by atoms with Crippen molar-refractivity contribution in [2.45, 2.75) is 4.90 Å². The topological polar surface area (TPSA) is 130 Å². The number of aliphatic carboxylic acids is 1. The lowest BCUT2D eigenvalue weighted by Crippen LogP contribution is -2.29. The van der Waals surface area contributed by atoms with Crippen LogP contribution in [0.5, 0.6) is 5.75 Å². The quantitative estimate of drug-likeness (QED) is 0.658. The summed E-state index contributed by atoms with van der Waals surface area (Å²) in [5, 5.41) is 17.2. The third-order valence-electron chi connectivity index (χ3n) is 2.11. The van der Waals surface area contributed by atoms with E-state index in [4.69, 9.17) is 14.9 Å². The number of hydrogen-bond donors (Lipinski definition) is 3. The molecule has 0 heterocycles. The molecule has 0 aliphatic carbocycles. The van der Waals surface area contributed by atoms with Crippen molar-refractivity contribution in [3.05, 3.63) is 23.8 Å². The summed E-state index contributed by atoms with van der Waals surface area (Å²) < 4.78 is 30.3. The Morgan fingerprint density at radius 2 is 1.95 bits per heavy atom. The van der Waals surface area contributed by atoms with Gasteiger partial charge in [-0.15, -0.1) is 0 Å². The lowest BCUT2D eigenvalue weighted by Gasteiger charge is -2.10. The lowest BCUT2D eigenvalue weighted by molar-refractivity contribution is -0.135. The number of ether oxygens (including phenoxy) is 1. The first kappa shape index (κ1) is 14.9. The van der Waals surface area contributed by atoms with Crippen molar-refractivity contribution in [2.75, 3.05) is 13.7 Å². The monoisotopic (exact) mass is 289 g/mol. The molecule has 0 fully saturated rings. The molecule has 1 aromatic carbocycles. The molecule has 8 nitrogen and oxygen atoms in total. The number of carboxylic acid groups (broad SMARTS) is 2. The average molecular weight is 289 g/mol. The first-order valence-corrected chi connectivity index (χ1v) is 6.39. The van der Waals surface area contributed by atoms with Gasteiger partial charge in [-0.25, -0.2) is 13.2 Å². The Balaban J connectivity index is 3.26. The molecule has 0 saturated carbocycles. The van der Waals surface area contributed by atoms with Crippen LogP contribution in [0.3, 0.4) is 0 Å². The average Bonchev–Trinajstić information content (AvgIpc) is 2.35. The zero-order valence-corrected chi connectivity index (χ0v) is 10.6. The summed E-state index contributed by atoms with van der Waals surface area (Å²) in [6.45, 7) is -0.817. The van der Waals surface area contributed by atoms with Crippen molar-refractivity contribution < 1.29 is 33.0 Å². The fourth-order valence-corrected chi connectivity index (χ4v) is 2.42. The van der Waals surface area contributed by atoms with Gasteiger partial charge >= 0.3 is 11.9 Å². The van der Waals surface area contributed by atoms with E-state index >= 15 is 0 Å². The summed E-state index contributed by atoms with van der Waals surface area (Å²) in [6.07, 6.45) is 0. The number of rotatable bonds is 6. The van der Waals surface area contributed by atoms with Crippen LogP contribution in [0.1, 0.15) is 10.4 Å². The molecular weight excluding hydrogens is 278 g/mol. The second kappa shape index (κ2) is 5.67. The van der Waals surface area contributed by atoms with Crippen LogP contribution < -0.4 is 9.46 Å². The largest absolute Gasteiger partial charge is 0.495 e. The summed E-state index contributed by atoms with van der Waals surface area (Å²) in [5.41, 5.74) is -0.253. The first-order chi connectivity index (χ1) is 8.77. The van der Waals surface area contributed by atoms with Crippen molar-refractivity contribution in [1.82, 2.24) is 4.72 Å². The van der Waals surface area contributed by atoms with Crippen molar-refractivity contribution in [2.24, 2.45) is 0 Å². The molecule has 0 aliphatic heterocycles.